The molecule has 1 amide bonds. The number of aromatic amines is 1. The van der Waals surface area contributed by atoms with Gasteiger partial charge in [-0.2, -0.15) is 4.99 Å². The molecule has 0 spiro atoms. The summed E-state index contributed by atoms with van der Waals surface area (Å²) >= 11 is 0. The highest BCUT2D eigenvalue weighted by molar-refractivity contribution is 6.04. The minimum Gasteiger partial charge on any atom is -0.475 e. The fourth-order valence-electron chi connectivity index (χ4n) is 3.55. The highest BCUT2D eigenvalue weighted by Gasteiger charge is 2.46. The molecule has 1 saturated carbocycles. The van der Waals surface area contributed by atoms with Crippen LogP contribution in [0.5, 0.6) is 0 Å². The molecule has 10 heteroatoms. The lowest BCUT2D eigenvalue weighted by Crippen LogP contribution is -2.51. The normalized spacial score (nSPS) is 23.3. The van der Waals surface area contributed by atoms with Crippen LogP contribution in [0.4, 0.5) is 8.78 Å². The van der Waals surface area contributed by atoms with Crippen molar-refractivity contribution in [1.29, 1.82) is 5.41 Å². The maximum Gasteiger partial charge on any atom is 0.264 e. The predicted molar refractivity (Wildman–Crippen MR) is 113 cm³/mol. The van der Waals surface area contributed by atoms with Gasteiger partial charge in [0.1, 0.15) is 11.9 Å². The summed E-state index contributed by atoms with van der Waals surface area (Å²) in [6, 6.07) is 1.84. The van der Waals surface area contributed by atoms with E-state index in [1.807, 2.05) is 0 Å². The number of ether oxygens (including phenoxy) is 1. The number of alkyl halides is 2. The molecule has 1 aromatic rings. The number of nitrogens with one attached hydrogen (secondary N) is 2. The van der Waals surface area contributed by atoms with E-state index in [1.165, 1.54) is 30.5 Å². The fraction of sp³-hybridized carbons (Fsp3) is 0.524. The summed E-state index contributed by atoms with van der Waals surface area (Å²) in [6.07, 6.45) is 6.52. The molecule has 2 fully saturated rings. The quantitative estimate of drug-likeness (QED) is 0.467. The van der Waals surface area contributed by atoms with Gasteiger partial charge in [-0.05, 0) is 37.8 Å². The largest absolute Gasteiger partial charge is 0.475 e. The third-order valence-electron chi connectivity index (χ3n) is 5.77. The van der Waals surface area contributed by atoms with Crippen LogP contribution in [0, 0.1) is 5.41 Å². The highest BCUT2D eigenvalue weighted by atomic mass is 19.3. The van der Waals surface area contributed by atoms with Gasteiger partial charge in [0.15, 0.2) is 0 Å². The number of H-pyrrole nitrogens is 1. The van der Waals surface area contributed by atoms with Gasteiger partial charge in [0.2, 0.25) is 11.5 Å². The van der Waals surface area contributed by atoms with Gasteiger partial charge < -0.3 is 15.5 Å². The summed E-state index contributed by atoms with van der Waals surface area (Å²) in [7, 11) is 0. The minimum atomic E-state index is -2.96. The number of likely N-dealkylation sites (tertiary alicyclic amines) is 1. The first-order valence-electron chi connectivity index (χ1n) is 10.3. The van der Waals surface area contributed by atoms with E-state index in [0.717, 1.165) is 19.3 Å². The Bertz CT molecular complexity index is 919. The van der Waals surface area contributed by atoms with Crippen molar-refractivity contribution in [2.45, 2.75) is 56.6 Å². The maximum absolute atomic E-state index is 14.5. The van der Waals surface area contributed by atoms with Crippen molar-refractivity contribution in [2.75, 3.05) is 13.1 Å². The van der Waals surface area contributed by atoms with Crippen LogP contribution in [-0.2, 0) is 9.53 Å². The number of carbonyl (C=O) groups is 1. The Kier molecular flexibility index (Phi) is 6.99. The maximum atomic E-state index is 14.5. The third kappa shape index (κ3) is 5.84. The Hall–Kier alpha value is -2.88. The number of amidine groups is 1. The third-order valence-corrected chi connectivity index (χ3v) is 5.77. The zero-order valence-corrected chi connectivity index (χ0v) is 17.3. The minimum absolute atomic E-state index is 0.0326. The molecule has 0 unspecified atom stereocenters. The first-order chi connectivity index (χ1) is 14.7. The Morgan fingerprint density at radius 2 is 2.16 bits per heavy atom. The summed E-state index contributed by atoms with van der Waals surface area (Å²) < 4.78 is 34.4. The lowest BCUT2D eigenvalue weighted by molar-refractivity contribution is -0.127. The molecule has 168 valence electrons. The number of nitrogens with two attached hydrogens (primary N) is 1. The second-order valence-electron chi connectivity index (χ2n) is 7.96. The molecule has 2 heterocycles. The van der Waals surface area contributed by atoms with Crippen LogP contribution in [0.25, 0.3) is 0 Å². The van der Waals surface area contributed by atoms with E-state index in [-0.39, 0.29) is 36.5 Å². The van der Waals surface area contributed by atoms with Gasteiger partial charge in [0, 0.05) is 37.8 Å². The molecule has 1 aliphatic heterocycles. The van der Waals surface area contributed by atoms with Crippen LogP contribution in [0.15, 0.2) is 40.3 Å². The van der Waals surface area contributed by atoms with E-state index >= 15 is 0 Å². The van der Waals surface area contributed by atoms with Crippen LogP contribution in [-0.4, -0.2) is 58.7 Å². The van der Waals surface area contributed by atoms with Crippen molar-refractivity contribution in [3.05, 3.63) is 46.4 Å². The van der Waals surface area contributed by atoms with E-state index in [9.17, 15) is 18.4 Å². The van der Waals surface area contributed by atoms with Gasteiger partial charge in [-0.25, -0.2) is 8.78 Å². The average molecular weight is 435 g/mol. The van der Waals surface area contributed by atoms with E-state index in [1.54, 1.807) is 11.8 Å². The summed E-state index contributed by atoms with van der Waals surface area (Å²) in [5.41, 5.74) is 5.70. The number of halogens is 2. The molecular weight excluding hydrogens is 408 g/mol. The molecule has 0 aromatic carbocycles. The number of carbonyl (C=O) groups excluding carboxylic acids is 1. The summed E-state index contributed by atoms with van der Waals surface area (Å²) in [5.74, 6) is -4.80. The number of hydrogen-bond acceptors (Lipinski definition) is 5. The van der Waals surface area contributed by atoms with Crippen molar-refractivity contribution < 1.29 is 18.3 Å². The second kappa shape index (κ2) is 9.51. The van der Waals surface area contributed by atoms with Crippen LogP contribution in [0.2, 0.25) is 0 Å². The molecule has 31 heavy (non-hydrogen) atoms. The molecule has 3 rings (SSSR count). The number of amides is 1. The predicted octanol–water partition coefficient (Wildman–Crippen LogP) is 2.17. The van der Waals surface area contributed by atoms with E-state index in [4.69, 9.17) is 15.9 Å². The second-order valence-corrected chi connectivity index (χ2v) is 7.96. The van der Waals surface area contributed by atoms with Crippen molar-refractivity contribution in [3.8, 4) is 0 Å². The standard InChI is InChI=1S/C21H27F2N5O3/c1-13(20(30)27-17(24)6-7-18(25)31-15-3-2-4-15)28-10-9-21(22,23)16(12-28)14-5-8-19(29)26-11-14/h5-8,11,13,15-16,25H,2-4,9-10,12H2,1H3,(H,26,29)(H2,24,27,30)/b7-6-,25-18?/t13-,16+/m0/s1. The Morgan fingerprint density at radius 3 is 2.77 bits per heavy atom. The first-order valence-corrected chi connectivity index (χ1v) is 10.3. The summed E-state index contributed by atoms with van der Waals surface area (Å²) in [5, 5.41) is 7.73. The Balaban J connectivity index is 1.62. The molecule has 8 nitrogen and oxygen atoms in total. The van der Waals surface area contributed by atoms with Crippen molar-refractivity contribution in [1.82, 2.24) is 9.88 Å². The van der Waals surface area contributed by atoms with Gasteiger partial charge in [-0.1, -0.05) is 6.07 Å². The number of aliphatic imine (C=N–C) groups is 1. The zero-order valence-electron chi connectivity index (χ0n) is 17.3. The molecule has 0 bridgehead atoms. The van der Waals surface area contributed by atoms with Crippen LogP contribution >= 0.6 is 0 Å². The van der Waals surface area contributed by atoms with Crippen molar-refractivity contribution in [3.63, 3.8) is 0 Å². The molecule has 1 saturated heterocycles. The van der Waals surface area contributed by atoms with Gasteiger partial charge in [0.05, 0.1) is 12.0 Å². The number of nitrogens with zero attached hydrogens (tertiary/aromatic N) is 2. The average Bonchev–Trinajstić information content (AvgIpc) is 2.69. The molecule has 1 aromatic heterocycles. The SMILES string of the molecule is C[C@@H](C(=O)N=C(N)/C=C\C(=N)OC1CCC1)N1CCC(F)(F)[C@@H](c2ccc(=O)[nH]c2)C1. The number of aromatic nitrogens is 1. The van der Waals surface area contributed by atoms with E-state index in [0.29, 0.717) is 5.56 Å². The monoisotopic (exact) mass is 435 g/mol. The van der Waals surface area contributed by atoms with Gasteiger partial charge in [-0.3, -0.25) is 19.9 Å². The van der Waals surface area contributed by atoms with Gasteiger partial charge in [0.25, 0.3) is 11.8 Å². The topological polar surface area (TPSA) is 125 Å². The van der Waals surface area contributed by atoms with Crippen molar-refractivity contribution in [2.24, 2.45) is 10.7 Å². The molecule has 2 aliphatic rings. The first kappa shape index (κ1) is 22.8. The Labute approximate surface area is 178 Å². The lowest BCUT2D eigenvalue weighted by atomic mass is 9.87. The van der Waals surface area contributed by atoms with Gasteiger partial charge >= 0.3 is 0 Å². The summed E-state index contributed by atoms with van der Waals surface area (Å²) in [4.78, 5) is 31.6. The lowest BCUT2D eigenvalue weighted by Gasteiger charge is -2.40. The number of pyridine rings is 1. The molecule has 2 atom stereocenters. The zero-order chi connectivity index (χ0) is 22.6. The number of hydrogen-bond donors (Lipinski definition) is 3. The molecule has 4 N–H and O–H groups in total. The van der Waals surface area contributed by atoms with E-state index in [2.05, 4.69) is 9.98 Å². The Morgan fingerprint density at radius 1 is 1.42 bits per heavy atom. The highest BCUT2D eigenvalue weighted by Crippen LogP contribution is 2.40. The fourth-order valence-corrected chi connectivity index (χ4v) is 3.55. The molecule has 1 aliphatic carbocycles. The summed E-state index contributed by atoms with van der Waals surface area (Å²) in [6.45, 7) is 1.57. The van der Waals surface area contributed by atoms with Gasteiger partial charge in [-0.15, -0.1) is 0 Å². The van der Waals surface area contributed by atoms with Crippen LogP contribution < -0.4 is 11.3 Å². The molecular formula is C21H27F2N5O3. The molecule has 0 radical (unpaired) electrons. The number of piperidine rings is 1. The van der Waals surface area contributed by atoms with Crippen molar-refractivity contribution >= 4 is 17.6 Å². The van der Waals surface area contributed by atoms with Crippen LogP contribution in [0.1, 0.15) is 44.1 Å². The van der Waals surface area contributed by atoms with E-state index < -0.39 is 30.2 Å². The smallest absolute Gasteiger partial charge is 0.264 e. The van der Waals surface area contributed by atoms with Crippen LogP contribution in [0.3, 0.4) is 0 Å². The number of rotatable bonds is 6.